The molecule has 0 saturated heterocycles. The van der Waals surface area contributed by atoms with Gasteiger partial charge in [0.25, 0.3) is 11.8 Å². The first-order valence-electron chi connectivity index (χ1n) is 10.7. The number of hydrogen-bond acceptors (Lipinski definition) is 4. The number of ether oxygens (including phenoxy) is 1. The second kappa shape index (κ2) is 12.6. The summed E-state index contributed by atoms with van der Waals surface area (Å²) in [6.45, 7) is 2.56. The van der Waals surface area contributed by atoms with Gasteiger partial charge in [-0.2, -0.15) is 0 Å². The van der Waals surface area contributed by atoms with Crippen LogP contribution in [0.25, 0.3) is 0 Å². The molecule has 3 rings (SSSR count). The lowest BCUT2D eigenvalue weighted by molar-refractivity contribution is 0.0972. The predicted octanol–water partition coefficient (Wildman–Crippen LogP) is 6.80. The Bertz CT molecular complexity index is 1260. The fraction of sp³-hybridized carbons (Fsp3) is 0.160. The summed E-state index contributed by atoms with van der Waals surface area (Å²) in [7, 11) is 0. The van der Waals surface area contributed by atoms with Gasteiger partial charge in [-0.1, -0.05) is 46.9 Å². The van der Waals surface area contributed by atoms with Gasteiger partial charge in [-0.25, -0.2) is 4.39 Å². The first-order chi connectivity index (χ1) is 16.8. The second-order valence-electron chi connectivity index (χ2n) is 7.41. The quantitative estimate of drug-likeness (QED) is 0.202. The smallest absolute Gasteiger partial charge is 0.261 e. The summed E-state index contributed by atoms with van der Waals surface area (Å²) < 4.78 is 19.8. The molecular formula is C25H22BrClFN3O3S. The van der Waals surface area contributed by atoms with Gasteiger partial charge in [0.1, 0.15) is 11.6 Å². The van der Waals surface area contributed by atoms with Crippen molar-refractivity contribution >= 4 is 68.1 Å². The Morgan fingerprint density at radius 2 is 1.80 bits per heavy atom. The molecule has 0 atom stereocenters. The Balaban J connectivity index is 1.65. The summed E-state index contributed by atoms with van der Waals surface area (Å²) in [5.41, 5.74) is 1.51. The van der Waals surface area contributed by atoms with E-state index in [0.29, 0.717) is 34.9 Å². The zero-order chi connectivity index (χ0) is 25.4. The molecule has 3 aromatic carbocycles. The highest BCUT2D eigenvalue weighted by atomic mass is 79.9. The van der Waals surface area contributed by atoms with Crippen molar-refractivity contribution in [2.45, 2.75) is 19.8 Å². The van der Waals surface area contributed by atoms with Crippen molar-refractivity contribution in [1.29, 1.82) is 0 Å². The number of nitrogens with one attached hydrogen (secondary N) is 3. The lowest BCUT2D eigenvalue weighted by Crippen LogP contribution is -2.34. The molecule has 0 aliphatic rings. The van der Waals surface area contributed by atoms with Gasteiger partial charge in [-0.3, -0.25) is 14.9 Å². The van der Waals surface area contributed by atoms with Crippen molar-refractivity contribution in [3.05, 3.63) is 87.1 Å². The minimum absolute atomic E-state index is 0.0531. The van der Waals surface area contributed by atoms with E-state index in [9.17, 15) is 14.0 Å². The Morgan fingerprint density at radius 3 is 2.54 bits per heavy atom. The third kappa shape index (κ3) is 7.74. The van der Waals surface area contributed by atoms with Crippen LogP contribution in [0.3, 0.4) is 0 Å². The molecular weight excluding hydrogens is 557 g/mol. The highest BCUT2D eigenvalue weighted by molar-refractivity contribution is 9.10. The number of anilines is 2. The zero-order valence-corrected chi connectivity index (χ0v) is 21.8. The van der Waals surface area contributed by atoms with Crippen LogP contribution in [-0.4, -0.2) is 23.5 Å². The summed E-state index contributed by atoms with van der Waals surface area (Å²) >= 11 is 14.4. The molecule has 2 amide bonds. The molecule has 0 fully saturated rings. The van der Waals surface area contributed by atoms with Gasteiger partial charge in [0.05, 0.1) is 17.2 Å². The first-order valence-corrected chi connectivity index (χ1v) is 12.3. The Morgan fingerprint density at radius 1 is 1.03 bits per heavy atom. The van der Waals surface area contributed by atoms with Crippen LogP contribution < -0.4 is 20.7 Å². The minimum atomic E-state index is -0.575. The molecule has 0 heterocycles. The first kappa shape index (κ1) is 26.6. The van der Waals surface area contributed by atoms with Crippen LogP contribution in [0.1, 0.15) is 40.5 Å². The van der Waals surface area contributed by atoms with Crippen molar-refractivity contribution in [2.75, 3.05) is 17.2 Å². The maximum atomic E-state index is 13.3. The average Bonchev–Trinajstić information content (AvgIpc) is 2.82. The molecule has 3 N–H and O–H groups in total. The highest BCUT2D eigenvalue weighted by Crippen LogP contribution is 2.24. The van der Waals surface area contributed by atoms with E-state index >= 15 is 0 Å². The fourth-order valence-electron chi connectivity index (χ4n) is 2.98. The van der Waals surface area contributed by atoms with E-state index < -0.39 is 17.6 Å². The summed E-state index contributed by atoms with van der Waals surface area (Å²) in [6, 6.07) is 15.6. The number of hydrogen-bond donors (Lipinski definition) is 3. The highest BCUT2D eigenvalue weighted by Gasteiger charge is 2.15. The lowest BCUT2D eigenvalue weighted by Gasteiger charge is -2.14. The number of carbonyl (C=O) groups is 2. The summed E-state index contributed by atoms with van der Waals surface area (Å²) in [6.07, 6.45) is 1.84. The topological polar surface area (TPSA) is 79.5 Å². The molecule has 182 valence electrons. The van der Waals surface area contributed by atoms with Crippen molar-refractivity contribution < 1.29 is 18.7 Å². The van der Waals surface area contributed by atoms with Gasteiger partial charge < -0.3 is 15.4 Å². The normalized spacial score (nSPS) is 10.4. The number of carbonyl (C=O) groups excluding carboxylic acids is 2. The van der Waals surface area contributed by atoms with E-state index in [1.165, 1.54) is 18.2 Å². The van der Waals surface area contributed by atoms with E-state index in [2.05, 4.69) is 38.8 Å². The number of amides is 2. The fourth-order valence-corrected chi connectivity index (χ4v) is 3.73. The molecule has 3 aromatic rings. The largest absolute Gasteiger partial charge is 0.493 e. The molecule has 0 radical (unpaired) electrons. The zero-order valence-electron chi connectivity index (χ0n) is 18.7. The molecule has 6 nitrogen and oxygen atoms in total. The summed E-state index contributed by atoms with van der Waals surface area (Å²) in [5, 5.41) is 8.15. The summed E-state index contributed by atoms with van der Waals surface area (Å²) in [5.74, 6) is -0.970. The van der Waals surface area contributed by atoms with Gasteiger partial charge in [0.15, 0.2) is 5.11 Å². The standard InChI is InChI=1S/C25H22BrClFN3O3S/c1-2-3-11-34-22-10-7-16(26)13-19(22)24(33)31-25(35)30-17-6-4-5-15(12-17)23(32)29-18-8-9-21(28)20(27)14-18/h4-10,12-14H,2-3,11H2,1H3,(H,29,32)(H2,30,31,33,35). The van der Waals surface area contributed by atoms with Crippen LogP contribution in [0.2, 0.25) is 5.02 Å². The maximum absolute atomic E-state index is 13.3. The molecule has 0 aromatic heterocycles. The van der Waals surface area contributed by atoms with Crippen LogP contribution in [0, 0.1) is 5.82 Å². The van der Waals surface area contributed by atoms with Gasteiger partial charge in [-0.05, 0) is 73.2 Å². The molecule has 0 aliphatic heterocycles. The predicted molar refractivity (Wildman–Crippen MR) is 144 cm³/mol. The average molecular weight is 579 g/mol. The Labute approximate surface area is 221 Å². The van der Waals surface area contributed by atoms with E-state index in [1.54, 1.807) is 42.5 Å². The van der Waals surface area contributed by atoms with Crippen LogP contribution in [-0.2, 0) is 0 Å². The molecule has 0 spiro atoms. The molecule has 0 saturated carbocycles. The minimum Gasteiger partial charge on any atom is -0.493 e. The van der Waals surface area contributed by atoms with Crippen LogP contribution >= 0.6 is 39.7 Å². The van der Waals surface area contributed by atoms with Gasteiger partial charge in [0.2, 0.25) is 0 Å². The number of halogens is 3. The molecule has 0 bridgehead atoms. The van der Waals surface area contributed by atoms with Crippen LogP contribution in [0.4, 0.5) is 15.8 Å². The molecule has 0 unspecified atom stereocenters. The SMILES string of the molecule is CCCCOc1ccc(Br)cc1C(=O)NC(=S)Nc1cccc(C(=O)Nc2ccc(F)c(Cl)c2)c1. The van der Waals surface area contributed by atoms with Crippen molar-refractivity contribution in [3.8, 4) is 5.75 Å². The molecule has 35 heavy (non-hydrogen) atoms. The van der Waals surface area contributed by atoms with E-state index in [1.807, 2.05) is 0 Å². The lowest BCUT2D eigenvalue weighted by atomic mass is 10.1. The van der Waals surface area contributed by atoms with E-state index in [4.69, 9.17) is 28.6 Å². The van der Waals surface area contributed by atoms with Gasteiger partial charge >= 0.3 is 0 Å². The van der Waals surface area contributed by atoms with E-state index in [-0.39, 0.29) is 10.1 Å². The molecule has 10 heteroatoms. The number of rotatable bonds is 8. The van der Waals surface area contributed by atoms with Crippen molar-refractivity contribution in [3.63, 3.8) is 0 Å². The number of benzene rings is 3. The second-order valence-corrected chi connectivity index (χ2v) is 9.15. The Hall–Kier alpha value is -3.01. The third-order valence-corrected chi connectivity index (χ3v) is 5.72. The van der Waals surface area contributed by atoms with E-state index in [0.717, 1.165) is 17.3 Å². The van der Waals surface area contributed by atoms with Gasteiger partial charge in [0, 0.05) is 21.4 Å². The maximum Gasteiger partial charge on any atom is 0.261 e. The van der Waals surface area contributed by atoms with Crippen molar-refractivity contribution in [2.24, 2.45) is 0 Å². The van der Waals surface area contributed by atoms with Gasteiger partial charge in [-0.15, -0.1) is 0 Å². The van der Waals surface area contributed by atoms with Crippen LogP contribution in [0.5, 0.6) is 5.75 Å². The monoisotopic (exact) mass is 577 g/mol. The van der Waals surface area contributed by atoms with Crippen LogP contribution in [0.15, 0.2) is 65.1 Å². The molecule has 0 aliphatic carbocycles. The third-order valence-electron chi connectivity index (χ3n) is 4.73. The number of thiocarbonyl (C=S) groups is 1. The Kier molecular flexibility index (Phi) is 9.59. The van der Waals surface area contributed by atoms with Crippen molar-refractivity contribution in [1.82, 2.24) is 5.32 Å². The number of unbranched alkanes of at least 4 members (excludes halogenated alkanes) is 1. The summed E-state index contributed by atoms with van der Waals surface area (Å²) in [4.78, 5) is 25.4.